The summed E-state index contributed by atoms with van der Waals surface area (Å²) in [6.45, 7) is 1.52. The van der Waals surface area contributed by atoms with Crippen LogP contribution in [0.1, 0.15) is 43.4 Å². The molecule has 2 atom stereocenters. The minimum absolute atomic E-state index is 0.0666. The average molecular weight is 271 g/mol. The molecule has 4 nitrogen and oxygen atoms in total. The first kappa shape index (κ1) is 14.3. The van der Waals surface area contributed by atoms with Crippen molar-refractivity contribution in [3.8, 4) is 11.8 Å². The highest BCUT2D eigenvalue weighted by molar-refractivity contribution is 5.49. The molecule has 0 saturated heterocycles. The van der Waals surface area contributed by atoms with Crippen molar-refractivity contribution in [2.24, 2.45) is 5.92 Å². The molecular formula is C16H17NO3. The Hall–Kier alpha value is -2.12. The second kappa shape index (κ2) is 6.36. The molecule has 0 fully saturated rings. The first-order valence-electron chi connectivity index (χ1n) is 6.72. The lowest BCUT2D eigenvalue weighted by Gasteiger charge is -2.09. The van der Waals surface area contributed by atoms with Crippen LogP contribution in [0, 0.1) is 27.9 Å². The predicted molar refractivity (Wildman–Crippen MR) is 77.1 cm³/mol. The third-order valence-electron chi connectivity index (χ3n) is 3.33. The van der Waals surface area contributed by atoms with Gasteiger partial charge >= 0.3 is 0 Å². The summed E-state index contributed by atoms with van der Waals surface area (Å²) >= 11 is 0. The fourth-order valence-corrected chi connectivity index (χ4v) is 2.24. The lowest BCUT2D eigenvalue weighted by Crippen LogP contribution is -2.00. The maximum atomic E-state index is 10.9. The summed E-state index contributed by atoms with van der Waals surface area (Å²) in [6.07, 6.45) is 6.68. The van der Waals surface area contributed by atoms with Gasteiger partial charge in [0.15, 0.2) is 0 Å². The first-order valence-corrected chi connectivity index (χ1v) is 6.72. The third-order valence-corrected chi connectivity index (χ3v) is 3.33. The van der Waals surface area contributed by atoms with Gasteiger partial charge in [-0.15, -0.1) is 0 Å². The van der Waals surface area contributed by atoms with Crippen molar-refractivity contribution in [2.45, 2.75) is 32.3 Å². The number of benzene rings is 1. The van der Waals surface area contributed by atoms with E-state index in [-0.39, 0.29) is 11.6 Å². The summed E-state index contributed by atoms with van der Waals surface area (Å²) in [5, 5.41) is 20.5. The van der Waals surface area contributed by atoms with Crippen LogP contribution in [0.25, 0.3) is 0 Å². The van der Waals surface area contributed by atoms with E-state index in [1.807, 2.05) is 0 Å². The van der Waals surface area contributed by atoms with Gasteiger partial charge in [0.2, 0.25) is 0 Å². The maximum absolute atomic E-state index is 10.9. The van der Waals surface area contributed by atoms with Crippen molar-refractivity contribution in [3.63, 3.8) is 0 Å². The predicted octanol–water partition coefficient (Wildman–Crippen LogP) is 3.36. The molecule has 1 aromatic carbocycles. The normalized spacial score (nSPS) is 19.0. The standard InChI is InChI=1S/C16H17NO3/c1-12(18)15-11-14(9-10-16(15)17(19)20)8-7-13-5-3-2-4-6-13/h3,5,9-13,18H,2,4,6H2,1H3. The summed E-state index contributed by atoms with van der Waals surface area (Å²) in [5.74, 6) is 6.46. The lowest BCUT2D eigenvalue weighted by atomic mass is 9.96. The summed E-state index contributed by atoms with van der Waals surface area (Å²) in [4.78, 5) is 10.4. The van der Waals surface area contributed by atoms with E-state index in [2.05, 4.69) is 24.0 Å². The fraction of sp³-hybridized carbons (Fsp3) is 0.375. The highest BCUT2D eigenvalue weighted by atomic mass is 16.6. The molecule has 0 aliphatic heterocycles. The highest BCUT2D eigenvalue weighted by Gasteiger charge is 2.17. The van der Waals surface area contributed by atoms with Crippen molar-refractivity contribution in [3.05, 3.63) is 51.6 Å². The lowest BCUT2D eigenvalue weighted by molar-refractivity contribution is -0.386. The van der Waals surface area contributed by atoms with E-state index in [1.165, 1.54) is 13.0 Å². The molecule has 0 heterocycles. The monoisotopic (exact) mass is 271 g/mol. The summed E-state index contributed by atoms with van der Waals surface area (Å²) in [7, 11) is 0. The molecule has 2 rings (SSSR count). The Labute approximate surface area is 118 Å². The molecule has 0 spiro atoms. The molecular weight excluding hydrogens is 254 g/mol. The zero-order valence-electron chi connectivity index (χ0n) is 11.4. The maximum Gasteiger partial charge on any atom is 0.275 e. The number of aliphatic hydroxyl groups excluding tert-OH is 1. The van der Waals surface area contributed by atoms with Gasteiger partial charge in [-0.1, -0.05) is 24.0 Å². The molecule has 0 bridgehead atoms. The van der Waals surface area contributed by atoms with E-state index in [0.717, 1.165) is 19.3 Å². The minimum atomic E-state index is -0.883. The van der Waals surface area contributed by atoms with E-state index in [9.17, 15) is 15.2 Å². The molecule has 4 heteroatoms. The molecule has 20 heavy (non-hydrogen) atoms. The number of allylic oxidation sites excluding steroid dienone is 2. The molecule has 0 radical (unpaired) electrons. The SMILES string of the molecule is CC(O)c1cc(C#CC2C=CCCC2)ccc1[N+](=O)[O-]. The minimum Gasteiger partial charge on any atom is -0.388 e. The first-order chi connectivity index (χ1) is 9.58. The number of rotatable bonds is 2. The highest BCUT2D eigenvalue weighted by Crippen LogP contribution is 2.26. The molecule has 104 valence electrons. The van der Waals surface area contributed by atoms with Crippen molar-refractivity contribution in [2.75, 3.05) is 0 Å². The van der Waals surface area contributed by atoms with E-state index in [1.54, 1.807) is 12.1 Å². The Morgan fingerprint density at radius 1 is 1.50 bits per heavy atom. The number of nitro benzene ring substituents is 1. The zero-order chi connectivity index (χ0) is 14.5. The Morgan fingerprint density at radius 2 is 2.30 bits per heavy atom. The number of hydrogen-bond donors (Lipinski definition) is 1. The second-order valence-electron chi connectivity index (χ2n) is 4.94. The van der Waals surface area contributed by atoms with Crippen LogP contribution in [-0.2, 0) is 0 Å². The van der Waals surface area contributed by atoms with Gasteiger partial charge in [-0.2, -0.15) is 0 Å². The Morgan fingerprint density at radius 3 is 2.90 bits per heavy atom. The smallest absolute Gasteiger partial charge is 0.275 e. The van der Waals surface area contributed by atoms with Crippen molar-refractivity contribution in [1.82, 2.24) is 0 Å². The second-order valence-corrected chi connectivity index (χ2v) is 4.94. The van der Waals surface area contributed by atoms with Gasteiger partial charge in [0.05, 0.1) is 16.6 Å². The van der Waals surface area contributed by atoms with Gasteiger partial charge < -0.3 is 5.11 Å². The van der Waals surface area contributed by atoms with Gasteiger partial charge in [-0.25, -0.2) is 0 Å². The van der Waals surface area contributed by atoms with Gasteiger partial charge in [-0.3, -0.25) is 10.1 Å². The van der Waals surface area contributed by atoms with E-state index in [0.29, 0.717) is 11.1 Å². The average Bonchev–Trinajstić information content (AvgIpc) is 2.45. The van der Waals surface area contributed by atoms with Crippen LogP contribution >= 0.6 is 0 Å². The molecule has 1 aromatic rings. The Balaban J connectivity index is 2.27. The van der Waals surface area contributed by atoms with Crippen molar-refractivity contribution < 1.29 is 10.0 Å². The molecule has 0 amide bonds. The summed E-state index contributed by atoms with van der Waals surface area (Å²) in [5.41, 5.74) is 0.939. The molecule has 2 unspecified atom stereocenters. The summed E-state index contributed by atoms with van der Waals surface area (Å²) in [6, 6.07) is 4.63. The number of hydrogen-bond acceptors (Lipinski definition) is 3. The molecule has 1 N–H and O–H groups in total. The number of nitro groups is 1. The topological polar surface area (TPSA) is 63.4 Å². The van der Waals surface area contributed by atoms with Crippen LogP contribution in [-0.4, -0.2) is 10.0 Å². The molecule has 0 saturated carbocycles. The van der Waals surface area contributed by atoms with Crippen LogP contribution in [0.2, 0.25) is 0 Å². The van der Waals surface area contributed by atoms with E-state index >= 15 is 0 Å². The van der Waals surface area contributed by atoms with Gasteiger partial charge in [0.25, 0.3) is 5.69 Å². The van der Waals surface area contributed by atoms with Crippen molar-refractivity contribution >= 4 is 5.69 Å². The third kappa shape index (κ3) is 3.46. The zero-order valence-corrected chi connectivity index (χ0v) is 11.4. The number of nitrogens with zero attached hydrogens (tertiary/aromatic N) is 1. The van der Waals surface area contributed by atoms with E-state index in [4.69, 9.17) is 0 Å². The molecule has 1 aliphatic carbocycles. The van der Waals surface area contributed by atoms with Gasteiger partial charge in [0, 0.05) is 17.5 Å². The van der Waals surface area contributed by atoms with E-state index < -0.39 is 11.0 Å². The van der Waals surface area contributed by atoms with Crippen LogP contribution < -0.4 is 0 Å². The van der Waals surface area contributed by atoms with Crippen LogP contribution in [0.3, 0.4) is 0 Å². The van der Waals surface area contributed by atoms with Gasteiger partial charge in [-0.05, 0) is 38.3 Å². The molecule has 0 aromatic heterocycles. The quantitative estimate of drug-likeness (QED) is 0.388. The fourth-order valence-electron chi connectivity index (χ4n) is 2.24. The summed E-state index contributed by atoms with van der Waals surface area (Å²) < 4.78 is 0. The van der Waals surface area contributed by atoms with Crippen LogP contribution in [0.4, 0.5) is 5.69 Å². The largest absolute Gasteiger partial charge is 0.388 e. The Bertz CT molecular complexity index is 593. The van der Waals surface area contributed by atoms with Gasteiger partial charge in [0.1, 0.15) is 0 Å². The van der Waals surface area contributed by atoms with Crippen molar-refractivity contribution in [1.29, 1.82) is 0 Å². The molecule has 1 aliphatic rings. The Kier molecular flexibility index (Phi) is 4.54. The van der Waals surface area contributed by atoms with Crippen LogP contribution in [0.5, 0.6) is 0 Å². The number of aliphatic hydroxyl groups is 1. The van der Waals surface area contributed by atoms with Crippen LogP contribution in [0.15, 0.2) is 30.4 Å².